The Morgan fingerprint density at radius 3 is 2.50 bits per heavy atom. The Morgan fingerprint density at radius 2 is 1.88 bits per heavy atom. The van der Waals surface area contributed by atoms with Crippen LogP contribution in [0.5, 0.6) is 0 Å². The van der Waals surface area contributed by atoms with E-state index >= 15 is 0 Å². The molecule has 1 aromatic heterocycles. The van der Waals surface area contributed by atoms with Crippen molar-refractivity contribution in [3.63, 3.8) is 0 Å². The minimum Gasteiger partial charge on any atom is -0.326 e. The maximum Gasteiger partial charge on any atom is 0.258 e. The molecule has 0 fully saturated rings. The van der Waals surface area contributed by atoms with Crippen molar-refractivity contribution in [1.82, 2.24) is 9.78 Å². The van der Waals surface area contributed by atoms with Crippen LogP contribution in [0.25, 0.3) is 0 Å². The fourth-order valence-electron chi connectivity index (χ4n) is 2.18. The zero-order chi connectivity index (χ0) is 17.9. The summed E-state index contributed by atoms with van der Waals surface area (Å²) in [5, 5.41) is 10.0. The first-order chi connectivity index (χ1) is 11.3. The van der Waals surface area contributed by atoms with Gasteiger partial charge in [-0.15, -0.1) is 0 Å². The van der Waals surface area contributed by atoms with E-state index in [1.165, 1.54) is 6.92 Å². The number of aromatic nitrogens is 2. The second kappa shape index (κ2) is 7.49. The van der Waals surface area contributed by atoms with Crippen molar-refractivity contribution in [2.45, 2.75) is 33.7 Å². The van der Waals surface area contributed by atoms with Crippen molar-refractivity contribution in [3.05, 3.63) is 41.0 Å². The molecule has 2 rings (SSSR count). The number of hydrogen-bond donors (Lipinski definition) is 2. The third kappa shape index (κ3) is 4.14. The molecule has 2 N–H and O–H groups in total. The third-order valence-electron chi connectivity index (χ3n) is 3.79. The van der Waals surface area contributed by atoms with Gasteiger partial charge in [-0.2, -0.15) is 5.10 Å². The highest BCUT2D eigenvalue weighted by atomic mass is 35.5. The number of hydrogen-bond acceptors (Lipinski definition) is 3. The monoisotopic (exact) mass is 348 g/mol. The van der Waals surface area contributed by atoms with Gasteiger partial charge < -0.3 is 10.6 Å². The summed E-state index contributed by atoms with van der Waals surface area (Å²) in [5.41, 5.74) is 0.800. The van der Waals surface area contributed by atoms with Crippen LogP contribution in [0.3, 0.4) is 0 Å². The van der Waals surface area contributed by atoms with Crippen LogP contribution >= 0.6 is 11.6 Å². The summed E-state index contributed by atoms with van der Waals surface area (Å²) >= 11 is 6.12. The number of benzene rings is 1. The molecule has 7 heteroatoms. The van der Waals surface area contributed by atoms with Crippen LogP contribution in [0.2, 0.25) is 5.02 Å². The van der Waals surface area contributed by atoms with E-state index in [0.29, 0.717) is 22.4 Å². The predicted octanol–water partition coefficient (Wildman–Crippen LogP) is 3.96. The number of nitrogens with zero attached hydrogens (tertiary/aromatic N) is 2. The highest BCUT2D eigenvalue weighted by Crippen LogP contribution is 2.24. The molecule has 0 aliphatic rings. The van der Waals surface area contributed by atoms with E-state index in [2.05, 4.69) is 29.6 Å². The number of nitrogens with one attached hydrogen (secondary N) is 2. The molecule has 0 bridgehead atoms. The SMILES string of the molecule is CC(=O)Nc1ccc(Cl)c(C(=O)Nc2ccnn2C(C)C(C)C)c1. The second-order valence-electron chi connectivity index (χ2n) is 5.98. The molecular weight excluding hydrogens is 328 g/mol. The third-order valence-corrected chi connectivity index (χ3v) is 4.12. The van der Waals surface area contributed by atoms with Gasteiger partial charge in [0.15, 0.2) is 0 Å². The normalized spacial score (nSPS) is 12.1. The molecule has 24 heavy (non-hydrogen) atoms. The van der Waals surface area contributed by atoms with Gasteiger partial charge in [0, 0.05) is 18.7 Å². The lowest BCUT2D eigenvalue weighted by atomic mass is 10.1. The Kier molecular flexibility index (Phi) is 5.62. The van der Waals surface area contributed by atoms with Crippen molar-refractivity contribution >= 4 is 34.9 Å². The maximum atomic E-state index is 12.6. The van der Waals surface area contributed by atoms with Crippen LogP contribution in [0, 0.1) is 5.92 Å². The van der Waals surface area contributed by atoms with E-state index < -0.39 is 0 Å². The van der Waals surface area contributed by atoms with Gasteiger partial charge >= 0.3 is 0 Å². The Bertz CT molecular complexity index is 755. The van der Waals surface area contributed by atoms with Crippen molar-refractivity contribution in [2.75, 3.05) is 10.6 Å². The molecule has 1 atom stereocenters. The molecular formula is C17H21ClN4O2. The number of carbonyl (C=O) groups is 2. The quantitative estimate of drug-likeness (QED) is 0.858. The minimum absolute atomic E-state index is 0.136. The standard InChI is InChI=1S/C17H21ClN4O2/c1-10(2)11(3)22-16(7-8-19-22)21-17(24)14-9-13(20-12(4)23)5-6-15(14)18/h5-11H,1-4H3,(H,20,23)(H,21,24). The van der Waals surface area contributed by atoms with Crippen LogP contribution in [0.15, 0.2) is 30.5 Å². The first-order valence-corrected chi connectivity index (χ1v) is 8.09. The molecule has 1 unspecified atom stereocenters. The molecule has 0 saturated heterocycles. The van der Waals surface area contributed by atoms with Gasteiger partial charge in [0.05, 0.1) is 22.8 Å². The van der Waals surface area contributed by atoms with E-state index in [-0.39, 0.29) is 23.4 Å². The zero-order valence-corrected chi connectivity index (χ0v) is 14.9. The highest BCUT2D eigenvalue weighted by molar-refractivity contribution is 6.34. The predicted molar refractivity (Wildman–Crippen MR) is 95.5 cm³/mol. The summed E-state index contributed by atoms with van der Waals surface area (Å²) in [6.07, 6.45) is 1.64. The van der Waals surface area contributed by atoms with Gasteiger partial charge in [-0.1, -0.05) is 25.4 Å². The molecule has 0 aliphatic carbocycles. The lowest BCUT2D eigenvalue weighted by Gasteiger charge is -2.19. The Hall–Kier alpha value is -2.34. The summed E-state index contributed by atoms with van der Waals surface area (Å²) in [6, 6.07) is 6.64. The average molecular weight is 349 g/mol. The Labute approximate surface area is 146 Å². The van der Waals surface area contributed by atoms with Crippen LogP contribution in [-0.4, -0.2) is 21.6 Å². The molecule has 0 spiro atoms. The van der Waals surface area contributed by atoms with Crippen LogP contribution in [0.4, 0.5) is 11.5 Å². The number of anilines is 2. The van der Waals surface area contributed by atoms with E-state index in [4.69, 9.17) is 11.6 Å². The van der Waals surface area contributed by atoms with Crippen molar-refractivity contribution in [1.29, 1.82) is 0 Å². The van der Waals surface area contributed by atoms with Gasteiger partial charge in [0.25, 0.3) is 5.91 Å². The van der Waals surface area contributed by atoms with Crippen LogP contribution < -0.4 is 10.6 Å². The maximum absolute atomic E-state index is 12.6. The molecule has 6 nitrogen and oxygen atoms in total. The summed E-state index contributed by atoms with van der Waals surface area (Å²) in [4.78, 5) is 23.7. The summed E-state index contributed by atoms with van der Waals surface area (Å²) in [5.74, 6) is 0.395. The van der Waals surface area contributed by atoms with Gasteiger partial charge in [-0.3, -0.25) is 9.59 Å². The van der Waals surface area contributed by atoms with Crippen LogP contribution in [-0.2, 0) is 4.79 Å². The van der Waals surface area contributed by atoms with Crippen LogP contribution in [0.1, 0.15) is 44.1 Å². The highest BCUT2D eigenvalue weighted by Gasteiger charge is 2.17. The van der Waals surface area contributed by atoms with E-state index in [9.17, 15) is 9.59 Å². The average Bonchev–Trinajstić information content (AvgIpc) is 2.95. The van der Waals surface area contributed by atoms with E-state index in [0.717, 1.165) is 0 Å². The van der Waals surface area contributed by atoms with Gasteiger partial charge in [-0.25, -0.2) is 4.68 Å². The number of carbonyl (C=O) groups excluding carboxylic acids is 2. The summed E-state index contributed by atoms with van der Waals surface area (Å²) in [6.45, 7) is 7.62. The zero-order valence-electron chi connectivity index (χ0n) is 14.1. The molecule has 0 saturated carbocycles. The fraction of sp³-hybridized carbons (Fsp3) is 0.353. The second-order valence-corrected chi connectivity index (χ2v) is 6.38. The van der Waals surface area contributed by atoms with E-state index in [1.54, 1.807) is 35.1 Å². The number of halogens is 1. The summed E-state index contributed by atoms with van der Waals surface area (Å²) < 4.78 is 1.77. The fourth-order valence-corrected chi connectivity index (χ4v) is 2.39. The lowest BCUT2D eigenvalue weighted by Crippen LogP contribution is -2.20. The van der Waals surface area contributed by atoms with Gasteiger partial charge in [0.1, 0.15) is 5.82 Å². The topological polar surface area (TPSA) is 76.0 Å². The van der Waals surface area contributed by atoms with Crippen molar-refractivity contribution in [3.8, 4) is 0 Å². The summed E-state index contributed by atoms with van der Waals surface area (Å²) in [7, 11) is 0. The molecule has 128 valence electrons. The molecule has 2 aromatic rings. The van der Waals surface area contributed by atoms with Crippen molar-refractivity contribution in [2.24, 2.45) is 5.92 Å². The smallest absolute Gasteiger partial charge is 0.258 e. The first kappa shape index (κ1) is 18.0. The molecule has 0 radical (unpaired) electrons. The number of amides is 2. The first-order valence-electron chi connectivity index (χ1n) is 7.71. The Morgan fingerprint density at radius 1 is 1.17 bits per heavy atom. The van der Waals surface area contributed by atoms with Gasteiger partial charge in [-0.05, 0) is 31.0 Å². The molecule has 0 aliphatic heterocycles. The van der Waals surface area contributed by atoms with Crippen molar-refractivity contribution < 1.29 is 9.59 Å². The molecule has 1 heterocycles. The molecule has 2 amide bonds. The number of rotatable bonds is 5. The Balaban J connectivity index is 2.25. The molecule has 1 aromatic carbocycles. The van der Waals surface area contributed by atoms with E-state index in [1.807, 2.05) is 6.92 Å². The lowest BCUT2D eigenvalue weighted by molar-refractivity contribution is -0.114. The largest absolute Gasteiger partial charge is 0.326 e. The van der Waals surface area contributed by atoms with Gasteiger partial charge in [0.2, 0.25) is 5.91 Å². The minimum atomic E-state index is -0.357.